The predicted octanol–water partition coefficient (Wildman–Crippen LogP) is 1.15. The van der Waals surface area contributed by atoms with Crippen molar-refractivity contribution in [1.29, 1.82) is 0 Å². The van der Waals surface area contributed by atoms with Crippen LogP contribution in [0.25, 0.3) is 0 Å². The lowest BCUT2D eigenvalue weighted by Crippen LogP contribution is -2.36. The molecule has 0 bridgehead atoms. The predicted molar refractivity (Wildman–Crippen MR) is 58.5 cm³/mol. The number of fused-ring (bicyclic) bond motifs is 1. The first-order chi connectivity index (χ1) is 7.22. The van der Waals surface area contributed by atoms with Gasteiger partial charge in [-0.05, 0) is 30.2 Å². The van der Waals surface area contributed by atoms with Gasteiger partial charge in [0.05, 0.1) is 0 Å². The van der Waals surface area contributed by atoms with Crippen LogP contribution in [0.5, 0.6) is 0 Å². The fourth-order valence-electron chi connectivity index (χ4n) is 1.85. The molecule has 1 aromatic rings. The molecule has 80 valence electrons. The second kappa shape index (κ2) is 3.90. The smallest absolute Gasteiger partial charge is 0.229 e. The number of hydrogen-bond donors (Lipinski definition) is 1. The van der Waals surface area contributed by atoms with Crippen LogP contribution in [0.3, 0.4) is 0 Å². The molecule has 2 N–H and O–H groups in total. The topological polar surface area (TPSA) is 55.6 Å². The number of ether oxygens (including phenoxy) is 1. The third-order valence-electron chi connectivity index (χ3n) is 2.56. The number of methoxy groups -OCH3 is 1. The van der Waals surface area contributed by atoms with E-state index in [2.05, 4.69) is 0 Å². The van der Waals surface area contributed by atoms with Gasteiger partial charge in [0.2, 0.25) is 5.91 Å². The summed E-state index contributed by atoms with van der Waals surface area (Å²) in [4.78, 5) is 13.3. The van der Waals surface area contributed by atoms with Gasteiger partial charge in [-0.1, -0.05) is 0 Å². The lowest BCUT2D eigenvalue weighted by Gasteiger charge is -2.28. The second-order valence-corrected chi connectivity index (χ2v) is 3.63. The van der Waals surface area contributed by atoms with E-state index in [1.165, 1.54) is 0 Å². The molecular formula is C11H14N2O2. The largest absolute Gasteiger partial charge is 0.399 e. The van der Waals surface area contributed by atoms with E-state index < -0.39 is 0 Å². The van der Waals surface area contributed by atoms with E-state index in [-0.39, 0.29) is 5.91 Å². The van der Waals surface area contributed by atoms with Crippen molar-refractivity contribution in [2.75, 3.05) is 24.5 Å². The molecule has 0 fully saturated rings. The Balaban J connectivity index is 2.39. The zero-order valence-electron chi connectivity index (χ0n) is 8.69. The molecule has 0 atom stereocenters. The van der Waals surface area contributed by atoms with Gasteiger partial charge in [0.1, 0.15) is 6.73 Å². The molecule has 0 aliphatic carbocycles. The third-order valence-corrected chi connectivity index (χ3v) is 2.56. The number of carbonyl (C=O) groups excluding carboxylic acids is 1. The van der Waals surface area contributed by atoms with E-state index in [9.17, 15) is 4.79 Å². The monoisotopic (exact) mass is 206 g/mol. The van der Waals surface area contributed by atoms with Gasteiger partial charge in [-0.3, -0.25) is 9.69 Å². The van der Waals surface area contributed by atoms with Crippen LogP contribution in [0.4, 0.5) is 11.4 Å². The van der Waals surface area contributed by atoms with Crippen LogP contribution in [0.1, 0.15) is 12.0 Å². The molecule has 1 heterocycles. The van der Waals surface area contributed by atoms with E-state index in [0.717, 1.165) is 23.4 Å². The SMILES string of the molecule is COCN1C(=O)CCc2cc(N)ccc21. The summed E-state index contributed by atoms with van der Waals surface area (Å²) < 4.78 is 5.01. The first-order valence-corrected chi connectivity index (χ1v) is 4.90. The maximum atomic E-state index is 11.6. The summed E-state index contributed by atoms with van der Waals surface area (Å²) in [6.45, 7) is 0.301. The Morgan fingerprint density at radius 3 is 3.00 bits per heavy atom. The van der Waals surface area contributed by atoms with Gasteiger partial charge in [0, 0.05) is 24.9 Å². The number of benzene rings is 1. The van der Waals surface area contributed by atoms with Crippen molar-refractivity contribution in [1.82, 2.24) is 0 Å². The summed E-state index contributed by atoms with van der Waals surface area (Å²) in [5.41, 5.74) is 8.47. The Labute approximate surface area is 88.6 Å². The molecule has 0 spiro atoms. The Bertz CT molecular complexity index is 390. The number of amides is 1. The van der Waals surface area contributed by atoms with E-state index in [1.54, 1.807) is 18.1 Å². The standard InChI is InChI=1S/C11H14N2O2/c1-15-7-13-10-4-3-9(12)6-8(10)2-5-11(13)14/h3-4,6H,2,5,7,12H2,1H3. The lowest BCUT2D eigenvalue weighted by molar-refractivity contribution is -0.119. The highest BCUT2D eigenvalue weighted by atomic mass is 16.5. The zero-order chi connectivity index (χ0) is 10.8. The van der Waals surface area contributed by atoms with Gasteiger partial charge in [0.25, 0.3) is 0 Å². The molecule has 0 saturated carbocycles. The summed E-state index contributed by atoms with van der Waals surface area (Å²) in [5.74, 6) is 0.106. The van der Waals surface area contributed by atoms with Gasteiger partial charge in [-0.2, -0.15) is 0 Å². The average Bonchev–Trinajstić information content (AvgIpc) is 2.22. The number of nitrogens with zero attached hydrogens (tertiary/aromatic N) is 1. The van der Waals surface area contributed by atoms with Crippen molar-refractivity contribution in [3.05, 3.63) is 23.8 Å². The first kappa shape index (κ1) is 9.98. The van der Waals surface area contributed by atoms with Crippen LogP contribution >= 0.6 is 0 Å². The number of carbonyl (C=O) groups is 1. The summed E-state index contributed by atoms with van der Waals surface area (Å²) in [6, 6.07) is 5.60. The summed E-state index contributed by atoms with van der Waals surface area (Å²) in [6.07, 6.45) is 1.29. The van der Waals surface area contributed by atoms with Gasteiger partial charge >= 0.3 is 0 Å². The summed E-state index contributed by atoms with van der Waals surface area (Å²) >= 11 is 0. The van der Waals surface area contributed by atoms with Crippen molar-refractivity contribution < 1.29 is 9.53 Å². The number of nitrogens with two attached hydrogens (primary N) is 1. The van der Waals surface area contributed by atoms with Crippen molar-refractivity contribution in [2.45, 2.75) is 12.8 Å². The summed E-state index contributed by atoms with van der Waals surface area (Å²) in [7, 11) is 1.58. The molecule has 4 nitrogen and oxygen atoms in total. The van der Waals surface area contributed by atoms with Crippen molar-refractivity contribution in [3.63, 3.8) is 0 Å². The molecule has 0 aromatic heterocycles. The highest BCUT2D eigenvalue weighted by Gasteiger charge is 2.23. The molecule has 1 amide bonds. The number of nitrogen functional groups attached to an aromatic ring is 1. The molecule has 2 rings (SSSR count). The molecule has 4 heteroatoms. The van der Waals surface area contributed by atoms with Crippen LogP contribution in [-0.2, 0) is 16.0 Å². The highest BCUT2D eigenvalue weighted by molar-refractivity contribution is 5.96. The summed E-state index contributed by atoms with van der Waals surface area (Å²) in [5, 5.41) is 0. The van der Waals surface area contributed by atoms with Crippen LogP contribution in [0.15, 0.2) is 18.2 Å². The minimum atomic E-state index is 0.106. The fraction of sp³-hybridized carbons (Fsp3) is 0.364. The molecule has 1 aliphatic heterocycles. The maximum absolute atomic E-state index is 11.6. The Morgan fingerprint density at radius 2 is 2.27 bits per heavy atom. The molecule has 15 heavy (non-hydrogen) atoms. The Morgan fingerprint density at radius 1 is 1.47 bits per heavy atom. The molecule has 0 unspecified atom stereocenters. The van der Waals surface area contributed by atoms with Crippen LogP contribution in [0.2, 0.25) is 0 Å². The number of anilines is 2. The van der Waals surface area contributed by atoms with Crippen LogP contribution in [0, 0.1) is 0 Å². The van der Waals surface area contributed by atoms with Gasteiger partial charge < -0.3 is 10.5 Å². The average molecular weight is 206 g/mol. The molecule has 0 saturated heterocycles. The second-order valence-electron chi connectivity index (χ2n) is 3.63. The van der Waals surface area contributed by atoms with Crippen LogP contribution < -0.4 is 10.6 Å². The van der Waals surface area contributed by atoms with Crippen LogP contribution in [-0.4, -0.2) is 19.7 Å². The van der Waals surface area contributed by atoms with Crippen molar-refractivity contribution in [3.8, 4) is 0 Å². The minimum Gasteiger partial charge on any atom is -0.399 e. The molecule has 1 aromatic carbocycles. The van der Waals surface area contributed by atoms with Gasteiger partial charge in [-0.25, -0.2) is 0 Å². The molecule has 1 aliphatic rings. The number of rotatable bonds is 2. The zero-order valence-corrected chi connectivity index (χ0v) is 8.69. The Hall–Kier alpha value is -1.55. The quantitative estimate of drug-likeness (QED) is 0.738. The van der Waals surface area contributed by atoms with Gasteiger partial charge in [0.15, 0.2) is 0 Å². The third kappa shape index (κ3) is 1.80. The Kier molecular flexibility index (Phi) is 2.60. The highest BCUT2D eigenvalue weighted by Crippen LogP contribution is 2.29. The fourth-order valence-corrected chi connectivity index (χ4v) is 1.85. The molecule has 0 radical (unpaired) electrons. The maximum Gasteiger partial charge on any atom is 0.229 e. The molecular weight excluding hydrogens is 192 g/mol. The number of hydrogen-bond acceptors (Lipinski definition) is 3. The lowest BCUT2D eigenvalue weighted by atomic mass is 10.0. The van der Waals surface area contributed by atoms with Gasteiger partial charge in [-0.15, -0.1) is 0 Å². The normalized spacial score (nSPS) is 15.3. The van der Waals surface area contributed by atoms with E-state index in [4.69, 9.17) is 10.5 Å². The van der Waals surface area contributed by atoms with Crippen molar-refractivity contribution >= 4 is 17.3 Å². The van der Waals surface area contributed by atoms with Crippen molar-refractivity contribution in [2.24, 2.45) is 0 Å². The first-order valence-electron chi connectivity index (χ1n) is 4.90. The van der Waals surface area contributed by atoms with E-state index in [0.29, 0.717) is 13.2 Å². The number of aryl methyl sites for hydroxylation is 1. The van der Waals surface area contributed by atoms with E-state index >= 15 is 0 Å². The minimum absolute atomic E-state index is 0.106. The van der Waals surface area contributed by atoms with E-state index in [1.807, 2.05) is 12.1 Å².